The van der Waals surface area contributed by atoms with Crippen molar-refractivity contribution in [3.63, 3.8) is 0 Å². The van der Waals surface area contributed by atoms with Gasteiger partial charge in [0.25, 0.3) is 5.69 Å². The number of carbonyl (C=O) groups is 1. The van der Waals surface area contributed by atoms with Gasteiger partial charge in [-0.2, -0.15) is 0 Å². The number of hydrogen-bond acceptors (Lipinski definition) is 7. The summed E-state index contributed by atoms with van der Waals surface area (Å²) in [6.45, 7) is -0.119. The lowest BCUT2D eigenvalue weighted by Gasteiger charge is -2.03. The van der Waals surface area contributed by atoms with Crippen molar-refractivity contribution in [2.45, 2.75) is 6.61 Å². The van der Waals surface area contributed by atoms with Crippen LogP contribution in [-0.2, 0) is 16.1 Å². The van der Waals surface area contributed by atoms with Gasteiger partial charge in [0.05, 0.1) is 12.0 Å². The number of rotatable bonds is 7. The fourth-order valence-corrected chi connectivity index (χ4v) is 2.68. The maximum Gasteiger partial charge on any atom is 0.331 e. The van der Waals surface area contributed by atoms with Gasteiger partial charge in [0.15, 0.2) is 12.4 Å². The van der Waals surface area contributed by atoms with Crippen molar-refractivity contribution in [1.29, 1.82) is 0 Å². The summed E-state index contributed by atoms with van der Waals surface area (Å²) in [6, 6.07) is 13.2. The molecule has 148 valence electrons. The predicted octanol–water partition coefficient (Wildman–Crippen LogP) is 4.67. The molecule has 0 saturated heterocycles. The number of nitro groups is 1. The highest BCUT2D eigenvalue weighted by Crippen LogP contribution is 2.29. The van der Waals surface area contributed by atoms with Gasteiger partial charge in [-0.1, -0.05) is 35.0 Å². The van der Waals surface area contributed by atoms with Crippen LogP contribution in [0.2, 0.25) is 5.02 Å². The smallest absolute Gasteiger partial charge is 0.331 e. The van der Waals surface area contributed by atoms with E-state index in [2.05, 4.69) is 5.16 Å². The second-order valence-corrected chi connectivity index (χ2v) is 6.19. The maximum absolute atomic E-state index is 11.9. The molecule has 1 heterocycles. The Bertz CT molecular complexity index is 1080. The monoisotopic (exact) mass is 414 g/mol. The van der Waals surface area contributed by atoms with E-state index in [0.717, 1.165) is 11.6 Å². The Morgan fingerprint density at radius 1 is 1.28 bits per heavy atom. The summed E-state index contributed by atoms with van der Waals surface area (Å²) in [5.74, 6) is 0.358. The summed E-state index contributed by atoms with van der Waals surface area (Å²) in [4.78, 5) is 22.2. The SMILES string of the molecule is COc1ccccc1-c1cc(COC(=O)/C=C/c2ccc(Cl)c([N+](=O)[O-])c2)on1. The van der Waals surface area contributed by atoms with Gasteiger partial charge in [0, 0.05) is 23.8 Å². The average Bonchev–Trinajstić information content (AvgIpc) is 3.20. The molecule has 0 amide bonds. The fraction of sp³-hybridized carbons (Fsp3) is 0.100. The first kappa shape index (κ1) is 20.1. The summed E-state index contributed by atoms with van der Waals surface area (Å²) in [6.07, 6.45) is 2.55. The highest BCUT2D eigenvalue weighted by molar-refractivity contribution is 6.32. The summed E-state index contributed by atoms with van der Waals surface area (Å²) >= 11 is 5.76. The number of hydrogen-bond donors (Lipinski definition) is 0. The summed E-state index contributed by atoms with van der Waals surface area (Å²) in [5.41, 5.74) is 1.50. The Hall–Kier alpha value is -3.65. The van der Waals surface area contributed by atoms with E-state index < -0.39 is 10.9 Å². The summed E-state index contributed by atoms with van der Waals surface area (Å²) < 4.78 is 15.6. The van der Waals surface area contributed by atoms with Gasteiger partial charge in [-0.25, -0.2) is 4.79 Å². The molecule has 3 rings (SSSR count). The third-order valence-corrected chi connectivity index (χ3v) is 4.20. The van der Waals surface area contributed by atoms with Crippen LogP contribution in [-0.4, -0.2) is 23.2 Å². The molecule has 0 N–H and O–H groups in total. The first-order valence-corrected chi connectivity index (χ1v) is 8.73. The molecule has 0 fully saturated rings. The van der Waals surface area contributed by atoms with E-state index in [-0.39, 0.29) is 17.3 Å². The van der Waals surface area contributed by atoms with Crippen LogP contribution in [0.4, 0.5) is 5.69 Å². The number of nitro benzene ring substituents is 1. The third-order valence-electron chi connectivity index (χ3n) is 3.88. The van der Waals surface area contributed by atoms with E-state index in [9.17, 15) is 14.9 Å². The number of nitrogens with zero attached hydrogens (tertiary/aromatic N) is 2. The second-order valence-electron chi connectivity index (χ2n) is 5.79. The van der Waals surface area contributed by atoms with Crippen molar-refractivity contribution >= 4 is 29.3 Å². The molecule has 0 aliphatic rings. The molecule has 8 nitrogen and oxygen atoms in total. The third kappa shape index (κ3) is 4.99. The Balaban J connectivity index is 1.62. The highest BCUT2D eigenvalue weighted by atomic mass is 35.5. The topological polar surface area (TPSA) is 105 Å². The van der Waals surface area contributed by atoms with Crippen molar-refractivity contribution in [1.82, 2.24) is 5.16 Å². The number of aromatic nitrogens is 1. The van der Waals surface area contributed by atoms with E-state index in [0.29, 0.717) is 22.8 Å². The van der Waals surface area contributed by atoms with Gasteiger partial charge >= 0.3 is 5.97 Å². The van der Waals surface area contributed by atoms with Crippen LogP contribution >= 0.6 is 11.6 Å². The molecule has 0 spiro atoms. The van der Waals surface area contributed by atoms with E-state index >= 15 is 0 Å². The lowest BCUT2D eigenvalue weighted by atomic mass is 10.1. The molecular weight excluding hydrogens is 400 g/mol. The molecule has 0 unspecified atom stereocenters. The van der Waals surface area contributed by atoms with E-state index in [1.165, 1.54) is 18.2 Å². The van der Waals surface area contributed by atoms with Crippen LogP contribution < -0.4 is 4.74 Å². The van der Waals surface area contributed by atoms with Gasteiger partial charge in [-0.05, 0) is 29.8 Å². The van der Waals surface area contributed by atoms with Crippen molar-refractivity contribution < 1.29 is 23.7 Å². The fourth-order valence-electron chi connectivity index (χ4n) is 2.49. The average molecular weight is 415 g/mol. The highest BCUT2D eigenvalue weighted by Gasteiger charge is 2.13. The van der Waals surface area contributed by atoms with Crippen LogP contribution in [0.5, 0.6) is 5.75 Å². The molecule has 0 aliphatic heterocycles. The van der Waals surface area contributed by atoms with Gasteiger partial charge in [-0.15, -0.1) is 0 Å². The molecule has 29 heavy (non-hydrogen) atoms. The van der Waals surface area contributed by atoms with Crippen LogP contribution in [0, 0.1) is 10.1 Å². The van der Waals surface area contributed by atoms with Crippen molar-refractivity contribution in [2.24, 2.45) is 0 Å². The number of esters is 1. The molecule has 9 heteroatoms. The Labute approximate surface area is 170 Å². The van der Waals surface area contributed by atoms with Gasteiger partial charge < -0.3 is 14.0 Å². The van der Waals surface area contributed by atoms with Crippen molar-refractivity contribution in [3.8, 4) is 17.0 Å². The molecule has 0 aliphatic carbocycles. The Kier molecular flexibility index (Phi) is 6.25. The molecule has 0 atom stereocenters. The molecule has 0 radical (unpaired) electrons. The van der Waals surface area contributed by atoms with Crippen LogP contribution in [0.25, 0.3) is 17.3 Å². The van der Waals surface area contributed by atoms with Crippen LogP contribution in [0.1, 0.15) is 11.3 Å². The second kappa shape index (κ2) is 9.03. The van der Waals surface area contributed by atoms with Gasteiger partial charge in [-0.3, -0.25) is 10.1 Å². The number of methoxy groups -OCH3 is 1. The van der Waals surface area contributed by atoms with E-state index in [4.69, 9.17) is 25.6 Å². The normalized spacial score (nSPS) is 10.8. The lowest BCUT2D eigenvalue weighted by molar-refractivity contribution is -0.384. The van der Waals surface area contributed by atoms with E-state index in [1.54, 1.807) is 25.3 Å². The number of para-hydroxylation sites is 1. The number of benzene rings is 2. The number of carbonyl (C=O) groups excluding carboxylic acids is 1. The first-order chi connectivity index (χ1) is 14.0. The van der Waals surface area contributed by atoms with Gasteiger partial charge in [0.2, 0.25) is 0 Å². The summed E-state index contributed by atoms with van der Waals surface area (Å²) in [5, 5.41) is 14.9. The minimum atomic E-state index is -0.641. The van der Waals surface area contributed by atoms with Crippen molar-refractivity contribution in [3.05, 3.63) is 81.1 Å². The predicted molar refractivity (Wildman–Crippen MR) is 105 cm³/mol. The Morgan fingerprint density at radius 2 is 2.07 bits per heavy atom. The van der Waals surface area contributed by atoms with E-state index in [1.807, 2.05) is 18.2 Å². The van der Waals surface area contributed by atoms with Crippen molar-refractivity contribution in [2.75, 3.05) is 7.11 Å². The first-order valence-electron chi connectivity index (χ1n) is 8.35. The number of halogens is 1. The molecule has 2 aromatic carbocycles. The molecule has 0 bridgehead atoms. The maximum atomic E-state index is 11.9. The zero-order valence-electron chi connectivity index (χ0n) is 15.2. The molecular formula is C20H15ClN2O6. The lowest BCUT2D eigenvalue weighted by Crippen LogP contribution is -2.00. The number of ether oxygens (including phenoxy) is 2. The van der Waals surface area contributed by atoms with Crippen LogP contribution in [0.15, 0.2) is 59.1 Å². The zero-order valence-corrected chi connectivity index (χ0v) is 16.0. The van der Waals surface area contributed by atoms with Gasteiger partial charge in [0.1, 0.15) is 16.5 Å². The summed E-state index contributed by atoms with van der Waals surface area (Å²) in [7, 11) is 1.56. The standard InChI is InChI=1S/C20H15ClN2O6/c1-27-19-5-3-2-4-15(19)17-11-14(29-22-17)12-28-20(24)9-7-13-6-8-16(21)18(10-13)23(25)26/h2-11H,12H2,1H3/b9-7+. The largest absolute Gasteiger partial charge is 0.496 e. The molecule has 0 saturated carbocycles. The van der Waals surface area contributed by atoms with Crippen LogP contribution in [0.3, 0.4) is 0 Å². The minimum absolute atomic E-state index is 0.0193. The zero-order chi connectivity index (χ0) is 20.8. The molecule has 1 aromatic heterocycles. The Morgan fingerprint density at radius 3 is 2.83 bits per heavy atom. The minimum Gasteiger partial charge on any atom is -0.496 e. The molecule has 3 aromatic rings. The quantitative estimate of drug-likeness (QED) is 0.239.